The second kappa shape index (κ2) is 11.4. The van der Waals surface area contributed by atoms with Gasteiger partial charge in [0.05, 0.1) is 17.3 Å². The average Bonchev–Trinajstić information content (AvgIpc) is 3.13. The highest BCUT2D eigenvalue weighted by Gasteiger charge is 2.18. The normalized spacial score (nSPS) is 10.8. The van der Waals surface area contributed by atoms with E-state index < -0.39 is 0 Å². The molecule has 0 fully saturated rings. The molecule has 0 saturated carbocycles. The summed E-state index contributed by atoms with van der Waals surface area (Å²) in [7, 11) is 0. The maximum Gasteiger partial charge on any atom is 0.315 e. The summed E-state index contributed by atoms with van der Waals surface area (Å²) in [5.74, 6) is 1.32. The van der Waals surface area contributed by atoms with Crippen molar-refractivity contribution in [3.63, 3.8) is 0 Å². The van der Waals surface area contributed by atoms with Crippen LogP contribution >= 0.6 is 35.0 Å². The molecule has 0 aliphatic rings. The van der Waals surface area contributed by atoms with Gasteiger partial charge in [-0.15, -0.1) is 10.2 Å². The van der Waals surface area contributed by atoms with Crippen LogP contribution in [-0.4, -0.2) is 27.3 Å². The molecule has 0 atom stereocenters. The van der Waals surface area contributed by atoms with Crippen LogP contribution in [0.5, 0.6) is 0 Å². The van der Waals surface area contributed by atoms with Crippen LogP contribution in [0.2, 0.25) is 10.0 Å². The van der Waals surface area contributed by atoms with Crippen LogP contribution in [0.15, 0.2) is 47.6 Å². The van der Waals surface area contributed by atoms with Gasteiger partial charge in [0.1, 0.15) is 0 Å². The molecule has 164 valence electrons. The Morgan fingerprint density at radius 3 is 2.71 bits per heavy atom. The van der Waals surface area contributed by atoms with Crippen molar-refractivity contribution in [2.24, 2.45) is 0 Å². The second-order valence-corrected chi connectivity index (χ2v) is 8.86. The number of carbonyl (C=O) groups excluding carboxylic acids is 1. The van der Waals surface area contributed by atoms with Crippen molar-refractivity contribution in [1.82, 2.24) is 25.4 Å². The van der Waals surface area contributed by atoms with Crippen LogP contribution < -0.4 is 10.6 Å². The quantitative estimate of drug-likeness (QED) is 0.302. The molecule has 2 aromatic carbocycles. The van der Waals surface area contributed by atoms with Gasteiger partial charge >= 0.3 is 6.03 Å². The molecule has 31 heavy (non-hydrogen) atoms. The number of hydrogen-bond acceptors (Lipinski definition) is 4. The van der Waals surface area contributed by atoms with Gasteiger partial charge in [-0.3, -0.25) is 4.57 Å². The van der Waals surface area contributed by atoms with E-state index in [1.807, 2.05) is 16.7 Å². The molecule has 3 rings (SSSR count). The molecular weight excluding hydrogens is 453 g/mol. The van der Waals surface area contributed by atoms with Gasteiger partial charge in [-0.05, 0) is 37.1 Å². The summed E-state index contributed by atoms with van der Waals surface area (Å²) in [5, 5.41) is 16.1. The molecule has 6 nitrogen and oxygen atoms in total. The van der Waals surface area contributed by atoms with E-state index >= 15 is 0 Å². The molecule has 0 aliphatic carbocycles. The molecule has 9 heteroatoms. The van der Waals surface area contributed by atoms with Crippen LogP contribution in [0.25, 0.3) is 5.69 Å². The zero-order chi connectivity index (χ0) is 22.2. The zero-order valence-electron chi connectivity index (χ0n) is 17.5. The molecule has 0 unspecified atom stereocenters. The Kier molecular flexibility index (Phi) is 8.63. The summed E-state index contributed by atoms with van der Waals surface area (Å²) in [6.07, 6.45) is 1.95. The fourth-order valence-electron chi connectivity index (χ4n) is 2.96. The number of nitrogens with zero attached hydrogens (tertiary/aromatic N) is 3. The Morgan fingerprint density at radius 2 is 1.97 bits per heavy atom. The number of unbranched alkanes of at least 4 members (excludes halogenated alkanes) is 1. The Hall–Kier alpha value is -2.22. The summed E-state index contributed by atoms with van der Waals surface area (Å²) >= 11 is 14.1. The SMILES string of the molecule is CCCCNC(=O)NCc1nnc(SCc2cccc(C)c2)n1-c1ccc(Cl)cc1Cl. The molecule has 0 aliphatic heterocycles. The lowest BCUT2D eigenvalue weighted by Crippen LogP contribution is -2.36. The van der Waals surface area contributed by atoms with E-state index in [1.165, 1.54) is 11.1 Å². The molecule has 0 spiro atoms. The highest BCUT2D eigenvalue weighted by molar-refractivity contribution is 7.98. The van der Waals surface area contributed by atoms with Gasteiger partial charge in [0.15, 0.2) is 11.0 Å². The summed E-state index contributed by atoms with van der Waals surface area (Å²) in [4.78, 5) is 12.1. The van der Waals surface area contributed by atoms with Crippen LogP contribution in [-0.2, 0) is 12.3 Å². The first-order chi connectivity index (χ1) is 15.0. The lowest BCUT2D eigenvalue weighted by atomic mass is 10.2. The standard InChI is InChI=1S/C22H25Cl2N5OS/c1-3-4-10-25-21(30)26-13-20-27-28-22(31-14-16-7-5-6-15(2)11-16)29(20)19-9-8-17(23)12-18(19)24/h5-9,11-12H,3-4,10,13-14H2,1-2H3,(H2,25,26,30). The number of halogens is 2. The second-order valence-electron chi connectivity index (χ2n) is 7.07. The number of aryl methyl sites for hydroxylation is 1. The minimum Gasteiger partial charge on any atom is -0.338 e. The fourth-order valence-corrected chi connectivity index (χ4v) is 4.36. The average molecular weight is 478 g/mol. The topological polar surface area (TPSA) is 71.8 Å². The third-order valence-electron chi connectivity index (χ3n) is 4.52. The van der Waals surface area contributed by atoms with Gasteiger partial charge in [0, 0.05) is 17.3 Å². The van der Waals surface area contributed by atoms with Crippen LogP contribution in [0.3, 0.4) is 0 Å². The van der Waals surface area contributed by atoms with Crippen molar-refractivity contribution in [2.45, 2.75) is 44.1 Å². The van der Waals surface area contributed by atoms with Gasteiger partial charge in [-0.2, -0.15) is 0 Å². The van der Waals surface area contributed by atoms with Crippen molar-refractivity contribution in [2.75, 3.05) is 6.54 Å². The Bertz CT molecular complexity index is 1040. The molecule has 0 radical (unpaired) electrons. The summed E-state index contributed by atoms with van der Waals surface area (Å²) in [5.41, 5.74) is 3.11. The first-order valence-corrected chi connectivity index (χ1v) is 11.8. The van der Waals surface area contributed by atoms with Gasteiger partial charge in [0.2, 0.25) is 0 Å². The van der Waals surface area contributed by atoms with Gasteiger partial charge in [-0.1, -0.05) is 78.1 Å². The Balaban J connectivity index is 1.82. The van der Waals surface area contributed by atoms with Crippen molar-refractivity contribution in [3.8, 4) is 5.69 Å². The minimum absolute atomic E-state index is 0.217. The van der Waals surface area contributed by atoms with Crippen molar-refractivity contribution in [3.05, 3.63) is 69.5 Å². The van der Waals surface area contributed by atoms with E-state index in [0.717, 1.165) is 18.6 Å². The molecule has 1 heterocycles. The monoisotopic (exact) mass is 477 g/mol. The van der Waals surface area contributed by atoms with Gasteiger partial charge in [-0.25, -0.2) is 4.79 Å². The third kappa shape index (κ3) is 6.63. The molecule has 3 aromatic rings. The Morgan fingerprint density at radius 1 is 1.13 bits per heavy atom. The molecule has 0 saturated heterocycles. The van der Waals surface area contributed by atoms with E-state index in [2.05, 4.69) is 52.9 Å². The molecule has 2 N–H and O–H groups in total. The molecular formula is C22H25Cl2N5OS. The highest BCUT2D eigenvalue weighted by atomic mass is 35.5. The van der Waals surface area contributed by atoms with Crippen molar-refractivity contribution < 1.29 is 4.79 Å². The number of nitrogens with one attached hydrogen (secondary N) is 2. The third-order valence-corrected chi connectivity index (χ3v) is 6.06. The predicted octanol–water partition coefficient (Wildman–Crippen LogP) is 5.77. The predicted molar refractivity (Wildman–Crippen MR) is 127 cm³/mol. The highest BCUT2D eigenvalue weighted by Crippen LogP contribution is 2.30. The van der Waals surface area contributed by atoms with E-state index in [1.54, 1.807) is 23.9 Å². The lowest BCUT2D eigenvalue weighted by Gasteiger charge is -2.13. The van der Waals surface area contributed by atoms with Crippen LogP contribution in [0.4, 0.5) is 4.79 Å². The van der Waals surface area contributed by atoms with Crippen molar-refractivity contribution >= 4 is 41.0 Å². The fraction of sp³-hybridized carbons (Fsp3) is 0.318. The molecule has 0 bridgehead atoms. The van der Waals surface area contributed by atoms with E-state index in [0.29, 0.717) is 33.3 Å². The number of hydrogen-bond donors (Lipinski definition) is 2. The number of aromatic nitrogens is 3. The molecule has 2 amide bonds. The van der Waals surface area contributed by atoms with Gasteiger partial charge < -0.3 is 10.6 Å². The lowest BCUT2D eigenvalue weighted by molar-refractivity contribution is 0.240. The number of thioether (sulfide) groups is 1. The zero-order valence-corrected chi connectivity index (χ0v) is 19.8. The Labute approximate surface area is 196 Å². The van der Waals surface area contributed by atoms with Crippen LogP contribution in [0, 0.1) is 6.92 Å². The number of benzene rings is 2. The molecule has 1 aromatic heterocycles. The first-order valence-electron chi connectivity index (χ1n) is 10.1. The first kappa shape index (κ1) is 23.4. The number of rotatable bonds is 9. The number of amides is 2. The maximum atomic E-state index is 12.1. The van der Waals surface area contributed by atoms with Crippen LogP contribution in [0.1, 0.15) is 36.7 Å². The summed E-state index contributed by atoms with van der Waals surface area (Å²) < 4.78 is 1.87. The van der Waals surface area contributed by atoms with Gasteiger partial charge in [0.25, 0.3) is 0 Å². The number of urea groups is 1. The van der Waals surface area contributed by atoms with Crippen molar-refractivity contribution in [1.29, 1.82) is 0 Å². The smallest absolute Gasteiger partial charge is 0.315 e. The minimum atomic E-state index is -0.237. The largest absolute Gasteiger partial charge is 0.338 e. The summed E-state index contributed by atoms with van der Waals surface area (Å²) in [6.45, 7) is 5.00. The summed E-state index contributed by atoms with van der Waals surface area (Å²) in [6, 6.07) is 13.4. The van der Waals surface area contributed by atoms with E-state index in [9.17, 15) is 4.79 Å². The van der Waals surface area contributed by atoms with E-state index in [4.69, 9.17) is 23.2 Å². The number of carbonyl (C=O) groups is 1. The maximum absolute atomic E-state index is 12.1. The van der Waals surface area contributed by atoms with E-state index in [-0.39, 0.29) is 12.6 Å².